The van der Waals surface area contributed by atoms with Crippen LogP contribution in [0.2, 0.25) is 0 Å². The van der Waals surface area contributed by atoms with Crippen molar-refractivity contribution in [1.29, 1.82) is 0 Å². The first kappa shape index (κ1) is 13.8. The Morgan fingerprint density at radius 1 is 1.14 bits per heavy atom. The Morgan fingerprint density at radius 2 is 1.90 bits per heavy atom. The highest BCUT2D eigenvalue weighted by atomic mass is 15.1. The number of aromatic nitrogens is 2. The molecular weight excluding hydrogens is 258 g/mol. The molecule has 2 aromatic carbocycles. The lowest BCUT2D eigenvalue weighted by Gasteiger charge is -2.14. The number of nitrogens with zero attached hydrogens (tertiary/aromatic N) is 2. The molecule has 0 saturated heterocycles. The smallest absolute Gasteiger partial charge is 0.131 e. The first-order chi connectivity index (χ1) is 10.2. The van der Waals surface area contributed by atoms with Crippen LogP contribution in [0.25, 0.3) is 11.0 Å². The zero-order valence-corrected chi connectivity index (χ0v) is 12.6. The SMILES string of the molecule is CCCn1c(C(N)c2ccccc2)nc2cc(C)ccc21. The van der Waals surface area contributed by atoms with E-state index in [0.29, 0.717) is 0 Å². The van der Waals surface area contributed by atoms with Crippen molar-refractivity contribution in [3.05, 3.63) is 65.5 Å². The van der Waals surface area contributed by atoms with Crippen molar-refractivity contribution in [3.8, 4) is 0 Å². The van der Waals surface area contributed by atoms with Gasteiger partial charge in [0.05, 0.1) is 17.1 Å². The van der Waals surface area contributed by atoms with Crippen molar-refractivity contribution in [2.75, 3.05) is 0 Å². The van der Waals surface area contributed by atoms with Crippen LogP contribution in [0, 0.1) is 6.92 Å². The Hall–Kier alpha value is -2.13. The molecule has 0 saturated carbocycles. The molecule has 0 radical (unpaired) electrons. The van der Waals surface area contributed by atoms with Gasteiger partial charge >= 0.3 is 0 Å². The van der Waals surface area contributed by atoms with Gasteiger partial charge in [-0.15, -0.1) is 0 Å². The fraction of sp³-hybridized carbons (Fsp3) is 0.278. The van der Waals surface area contributed by atoms with E-state index in [0.717, 1.165) is 29.9 Å². The summed E-state index contributed by atoms with van der Waals surface area (Å²) in [6.07, 6.45) is 1.06. The van der Waals surface area contributed by atoms with Gasteiger partial charge in [0, 0.05) is 6.54 Å². The van der Waals surface area contributed by atoms with Gasteiger partial charge in [-0.2, -0.15) is 0 Å². The molecule has 0 fully saturated rings. The average Bonchev–Trinajstić information content (AvgIpc) is 2.85. The van der Waals surface area contributed by atoms with Crippen molar-refractivity contribution in [2.45, 2.75) is 32.9 Å². The van der Waals surface area contributed by atoms with Gasteiger partial charge in [-0.25, -0.2) is 4.98 Å². The monoisotopic (exact) mass is 279 g/mol. The summed E-state index contributed by atoms with van der Waals surface area (Å²) in [4.78, 5) is 4.81. The number of hydrogen-bond acceptors (Lipinski definition) is 2. The van der Waals surface area contributed by atoms with Crippen LogP contribution in [0.15, 0.2) is 48.5 Å². The first-order valence-electron chi connectivity index (χ1n) is 7.48. The summed E-state index contributed by atoms with van der Waals surface area (Å²) in [5.74, 6) is 0.948. The Bertz CT molecular complexity index is 744. The van der Waals surface area contributed by atoms with Gasteiger partial charge in [0.15, 0.2) is 0 Å². The minimum Gasteiger partial charge on any atom is -0.326 e. The molecule has 1 heterocycles. The maximum atomic E-state index is 6.47. The number of nitrogens with two attached hydrogens (primary N) is 1. The second kappa shape index (κ2) is 5.70. The maximum Gasteiger partial charge on any atom is 0.131 e. The molecule has 21 heavy (non-hydrogen) atoms. The predicted octanol–water partition coefficient (Wildman–Crippen LogP) is 3.80. The fourth-order valence-corrected chi connectivity index (χ4v) is 2.76. The number of aryl methyl sites for hydroxylation is 2. The van der Waals surface area contributed by atoms with E-state index in [1.54, 1.807) is 0 Å². The van der Waals surface area contributed by atoms with Gasteiger partial charge < -0.3 is 10.3 Å². The number of benzene rings is 2. The second-order valence-electron chi connectivity index (χ2n) is 5.50. The zero-order chi connectivity index (χ0) is 14.8. The topological polar surface area (TPSA) is 43.8 Å². The van der Waals surface area contributed by atoms with E-state index in [2.05, 4.69) is 48.7 Å². The van der Waals surface area contributed by atoms with Crippen molar-refractivity contribution in [2.24, 2.45) is 5.73 Å². The number of fused-ring (bicyclic) bond motifs is 1. The highest BCUT2D eigenvalue weighted by Gasteiger charge is 2.18. The van der Waals surface area contributed by atoms with Gasteiger partial charge in [-0.3, -0.25) is 0 Å². The molecule has 3 heteroatoms. The summed E-state index contributed by atoms with van der Waals surface area (Å²) in [5.41, 5.74) is 11.0. The minimum atomic E-state index is -0.189. The molecule has 1 unspecified atom stereocenters. The molecule has 0 aliphatic heterocycles. The first-order valence-corrected chi connectivity index (χ1v) is 7.48. The van der Waals surface area contributed by atoms with Gasteiger partial charge in [0.2, 0.25) is 0 Å². The van der Waals surface area contributed by atoms with Crippen molar-refractivity contribution < 1.29 is 0 Å². The summed E-state index contributed by atoms with van der Waals surface area (Å²) in [7, 11) is 0. The van der Waals surface area contributed by atoms with Crippen LogP contribution in [0.5, 0.6) is 0 Å². The molecule has 3 aromatic rings. The van der Waals surface area contributed by atoms with Gasteiger partial charge in [-0.05, 0) is 36.6 Å². The highest BCUT2D eigenvalue weighted by Crippen LogP contribution is 2.25. The number of rotatable bonds is 4. The summed E-state index contributed by atoms with van der Waals surface area (Å²) < 4.78 is 2.26. The van der Waals surface area contributed by atoms with Gasteiger partial charge in [0.1, 0.15) is 5.82 Å². The Morgan fingerprint density at radius 3 is 2.62 bits per heavy atom. The Balaban J connectivity index is 2.14. The zero-order valence-electron chi connectivity index (χ0n) is 12.6. The van der Waals surface area contributed by atoms with Gasteiger partial charge in [0.25, 0.3) is 0 Å². The van der Waals surface area contributed by atoms with Crippen molar-refractivity contribution in [1.82, 2.24) is 9.55 Å². The fourth-order valence-electron chi connectivity index (χ4n) is 2.76. The number of imidazole rings is 1. The van der Waals surface area contributed by atoms with Crippen molar-refractivity contribution >= 4 is 11.0 Å². The standard InChI is InChI=1S/C18H21N3/c1-3-11-21-16-10-9-13(2)12-15(16)20-18(21)17(19)14-7-5-4-6-8-14/h4-10,12,17H,3,11,19H2,1-2H3. The largest absolute Gasteiger partial charge is 0.326 e. The third kappa shape index (κ3) is 2.57. The van der Waals surface area contributed by atoms with E-state index in [9.17, 15) is 0 Å². The van der Waals surface area contributed by atoms with E-state index in [1.165, 1.54) is 11.1 Å². The quantitative estimate of drug-likeness (QED) is 0.789. The van der Waals surface area contributed by atoms with Crippen LogP contribution in [0.1, 0.15) is 36.3 Å². The van der Waals surface area contributed by atoms with Crippen LogP contribution >= 0.6 is 0 Å². The van der Waals surface area contributed by atoms with E-state index < -0.39 is 0 Å². The van der Waals surface area contributed by atoms with Crippen LogP contribution in [0.4, 0.5) is 0 Å². The van der Waals surface area contributed by atoms with Crippen LogP contribution in [0.3, 0.4) is 0 Å². The molecule has 0 aliphatic rings. The van der Waals surface area contributed by atoms with Crippen LogP contribution in [-0.4, -0.2) is 9.55 Å². The molecule has 0 spiro atoms. The lowest BCUT2D eigenvalue weighted by molar-refractivity contribution is 0.627. The molecule has 2 N–H and O–H groups in total. The number of hydrogen-bond donors (Lipinski definition) is 1. The average molecular weight is 279 g/mol. The molecule has 1 atom stereocenters. The summed E-state index contributed by atoms with van der Waals surface area (Å²) >= 11 is 0. The van der Waals surface area contributed by atoms with E-state index in [-0.39, 0.29) is 6.04 Å². The normalized spacial score (nSPS) is 12.7. The summed E-state index contributed by atoms with van der Waals surface area (Å²) in [6.45, 7) is 5.21. The Labute approximate surface area is 125 Å². The third-order valence-electron chi connectivity index (χ3n) is 3.82. The lowest BCUT2D eigenvalue weighted by atomic mass is 10.1. The third-order valence-corrected chi connectivity index (χ3v) is 3.82. The molecule has 1 aromatic heterocycles. The van der Waals surface area contributed by atoms with Crippen LogP contribution in [-0.2, 0) is 6.54 Å². The van der Waals surface area contributed by atoms with Gasteiger partial charge in [-0.1, -0.05) is 43.3 Å². The lowest BCUT2D eigenvalue weighted by Crippen LogP contribution is -2.18. The molecular formula is C18H21N3. The highest BCUT2D eigenvalue weighted by molar-refractivity contribution is 5.77. The van der Waals surface area contributed by atoms with E-state index in [1.807, 2.05) is 18.2 Å². The molecule has 3 nitrogen and oxygen atoms in total. The molecule has 0 aliphatic carbocycles. The Kier molecular flexibility index (Phi) is 3.76. The molecule has 108 valence electrons. The second-order valence-corrected chi connectivity index (χ2v) is 5.50. The van der Waals surface area contributed by atoms with E-state index in [4.69, 9.17) is 10.7 Å². The van der Waals surface area contributed by atoms with E-state index >= 15 is 0 Å². The molecule has 3 rings (SSSR count). The molecule has 0 amide bonds. The summed E-state index contributed by atoms with van der Waals surface area (Å²) in [5, 5.41) is 0. The molecule has 0 bridgehead atoms. The minimum absolute atomic E-state index is 0.189. The van der Waals surface area contributed by atoms with Crippen molar-refractivity contribution in [3.63, 3.8) is 0 Å². The summed E-state index contributed by atoms with van der Waals surface area (Å²) in [6, 6.07) is 16.4. The maximum absolute atomic E-state index is 6.47. The van der Waals surface area contributed by atoms with Crippen LogP contribution < -0.4 is 5.73 Å². The predicted molar refractivity (Wildman–Crippen MR) is 87.2 cm³/mol.